The van der Waals surface area contributed by atoms with Crippen molar-refractivity contribution in [1.29, 1.82) is 0 Å². The van der Waals surface area contributed by atoms with Gasteiger partial charge in [0.05, 0.1) is 7.11 Å². The summed E-state index contributed by atoms with van der Waals surface area (Å²) in [6.07, 6.45) is -0.669. The fraction of sp³-hybridized carbons (Fsp3) is 0.250. The Bertz CT molecular complexity index is 542. The van der Waals surface area contributed by atoms with Gasteiger partial charge in [-0.15, -0.1) is 0 Å². The first kappa shape index (κ1) is 15.1. The smallest absolute Gasteiger partial charge is 0.123 e. The zero-order valence-corrected chi connectivity index (χ0v) is 11.8. The van der Waals surface area contributed by atoms with E-state index in [2.05, 4.69) is 5.32 Å². The van der Waals surface area contributed by atoms with Gasteiger partial charge < -0.3 is 19.9 Å². The van der Waals surface area contributed by atoms with Gasteiger partial charge in [0.2, 0.25) is 0 Å². The summed E-state index contributed by atoms with van der Waals surface area (Å²) in [5.74, 6) is 1.13. The molecule has 21 heavy (non-hydrogen) atoms. The predicted molar refractivity (Wildman–Crippen MR) is 79.4 cm³/mol. The fourth-order valence-corrected chi connectivity index (χ4v) is 1.73. The molecule has 0 aromatic heterocycles. The van der Waals surface area contributed by atoms with Crippen LogP contribution in [0.25, 0.3) is 0 Å². The van der Waals surface area contributed by atoms with E-state index in [0.717, 1.165) is 11.4 Å². The third kappa shape index (κ3) is 4.96. The first-order chi connectivity index (χ1) is 10.2. The first-order valence-electron chi connectivity index (χ1n) is 6.62. The maximum Gasteiger partial charge on any atom is 0.123 e. The Morgan fingerprint density at radius 3 is 2.29 bits per heavy atom. The van der Waals surface area contributed by atoms with Crippen molar-refractivity contribution in [2.75, 3.05) is 25.6 Å². The summed E-state index contributed by atoms with van der Waals surface area (Å²) in [7, 11) is 1.60. The summed E-state index contributed by atoms with van der Waals surface area (Å²) in [5.41, 5.74) is 0.750. The molecule has 112 valence electrons. The largest absolute Gasteiger partial charge is 0.497 e. The second-order valence-electron chi connectivity index (χ2n) is 4.53. The topological polar surface area (TPSA) is 50.7 Å². The van der Waals surface area contributed by atoms with Crippen LogP contribution in [-0.2, 0) is 0 Å². The van der Waals surface area contributed by atoms with Crippen LogP contribution >= 0.6 is 0 Å². The minimum atomic E-state index is -0.669. The van der Waals surface area contributed by atoms with Gasteiger partial charge in [-0.3, -0.25) is 0 Å². The number of anilines is 1. The number of aliphatic hydroxyl groups excluding tert-OH is 1. The summed E-state index contributed by atoms with van der Waals surface area (Å²) in [4.78, 5) is 0. The summed E-state index contributed by atoms with van der Waals surface area (Å²) >= 11 is 0. The average molecular weight is 291 g/mol. The van der Waals surface area contributed by atoms with Crippen LogP contribution in [0.4, 0.5) is 10.1 Å². The molecule has 0 bridgehead atoms. The van der Waals surface area contributed by atoms with E-state index in [9.17, 15) is 9.50 Å². The van der Waals surface area contributed by atoms with Crippen LogP contribution in [0, 0.1) is 5.82 Å². The van der Waals surface area contributed by atoms with Crippen molar-refractivity contribution in [2.45, 2.75) is 6.10 Å². The van der Waals surface area contributed by atoms with Crippen molar-refractivity contribution in [3.05, 3.63) is 54.3 Å². The van der Waals surface area contributed by atoms with Crippen molar-refractivity contribution in [2.24, 2.45) is 0 Å². The molecule has 0 heterocycles. The van der Waals surface area contributed by atoms with Crippen LogP contribution in [0.5, 0.6) is 11.5 Å². The molecule has 1 atom stereocenters. The highest BCUT2D eigenvalue weighted by atomic mass is 19.1. The Morgan fingerprint density at radius 2 is 1.67 bits per heavy atom. The van der Waals surface area contributed by atoms with E-state index in [0.29, 0.717) is 12.3 Å². The van der Waals surface area contributed by atoms with Crippen LogP contribution in [0.15, 0.2) is 48.5 Å². The molecule has 2 N–H and O–H groups in total. The number of hydrogen-bond acceptors (Lipinski definition) is 4. The fourth-order valence-electron chi connectivity index (χ4n) is 1.73. The molecule has 0 radical (unpaired) electrons. The second kappa shape index (κ2) is 7.50. The van der Waals surface area contributed by atoms with Crippen molar-refractivity contribution in [3.8, 4) is 11.5 Å². The van der Waals surface area contributed by atoms with Gasteiger partial charge in [0, 0.05) is 12.2 Å². The number of halogens is 1. The van der Waals surface area contributed by atoms with Gasteiger partial charge in [-0.05, 0) is 48.5 Å². The van der Waals surface area contributed by atoms with E-state index in [1.54, 1.807) is 43.5 Å². The summed E-state index contributed by atoms with van der Waals surface area (Å²) < 4.78 is 23.3. The SMILES string of the molecule is COc1ccc(OCC(O)CNc2ccc(F)cc2)cc1. The lowest BCUT2D eigenvalue weighted by Crippen LogP contribution is -2.26. The molecule has 0 aliphatic heterocycles. The quantitative estimate of drug-likeness (QED) is 0.823. The van der Waals surface area contributed by atoms with E-state index in [4.69, 9.17) is 9.47 Å². The van der Waals surface area contributed by atoms with Crippen LogP contribution in [0.3, 0.4) is 0 Å². The third-order valence-electron chi connectivity index (χ3n) is 2.89. The maximum atomic E-state index is 12.7. The summed E-state index contributed by atoms with van der Waals surface area (Å²) in [6.45, 7) is 0.488. The molecule has 0 fully saturated rings. The monoisotopic (exact) mass is 291 g/mol. The van der Waals surface area contributed by atoms with Gasteiger partial charge in [0.25, 0.3) is 0 Å². The van der Waals surface area contributed by atoms with Gasteiger partial charge >= 0.3 is 0 Å². The Kier molecular flexibility index (Phi) is 5.40. The molecule has 0 saturated carbocycles. The van der Waals surface area contributed by atoms with Crippen LogP contribution in [0.2, 0.25) is 0 Å². The van der Waals surface area contributed by atoms with E-state index < -0.39 is 6.10 Å². The number of benzene rings is 2. The zero-order valence-electron chi connectivity index (χ0n) is 11.8. The molecule has 4 nitrogen and oxygen atoms in total. The number of nitrogens with one attached hydrogen (secondary N) is 1. The predicted octanol–water partition coefficient (Wildman–Crippen LogP) is 2.69. The van der Waals surface area contributed by atoms with Gasteiger partial charge in [0.1, 0.15) is 30.0 Å². The summed E-state index contributed by atoms with van der Waals surface area (Å²) in [5, 5.41) is 12.9. The van der Waals surface area contributed by atoms with Crippen molar-refractivity contribution >= 4 is 5.69 Å². The lowest BCUT2D eigenvalue weighted by Gasteiger charge is -2.14. The van der Waals surface area contributed by atoms with E-state index in [1.165, 1.54) is 12.1 Å². The molecule has 2 aromatic rings. The first-order valence-corrected chi connectivity index (χ1v) is 6.62. The number of aliphatic hydroxyl groups is 1. The highest BCUT2D eigenvalue weighted by Crippen LogP contribution is 2.17. The Balaban J connectivity index is 1.73. The van der Waals surface area contributed by atoms with E-state index >= 15 is 0 Å². The normalized spacial score (nSPS) is 11.8. The number of rotatable bonds is 7. The molecule has 5 heteroatoms. The molecule has 0 amide bonds. The van der Waals surface area contributed by atoms with Crippen molar-refractivity contribution < 1.29 is 19.0 Å². The molecule has 1 unspecified atom stereocenters. The Morgan fingerprint density at radius 1 is 1.05 bits per heavy atom. The van der Waals surface area contributed by atoms with E-state index in [1.807, 2.05) is 0 Å². The maximum absolute atomic E-state index is 12.7. The molecule has 0 aliphatic rings. The van der Waals surface area contributed by atoms with Crippen LogP contribution in [-0.4, -0.2) is 31.5 Å². The molecule has 2 aromatic carbocycles. The van der Waals surface area contributed by atoms with Gasteiger partial charge in [0.15, 0.2) is 0 Å². The Labute approximate surface area is 123 Å². The standard InChI is InChI=1S/C16H18FNO3/c1-20-15-6-8-16(9-7-15)21-11-14(19)10-18-13-4-2-12(17)3-5-13/h2-9,14,18-19H,10-11H2,1H3. The highest BCUT2D eigenvalue weighted by molar-refractivity contribution is 5.42. The Hall–Kier alpha value is -2.27. The summed E-state index contributed by atoms with van der Waals surface area (Å²) in [6, 6.07) is 13.1. The molecular weight excluding hydrogens is 273 g/mol. The minimum absolute atomic E-state index is 0.167. The molecule has 2 rings (SSSR count). The number of hydrogen-bond donors (Lipinski definition) is 2. The van der Waals surface area contributed by atoms with Crippen molar-refractivity contribution in [3.63, 3.8) is 0 Å². The second-order valence-corrected chi connectivity index (χ2v) is 4.53. The van der Waals surface area contributed by atoms with E-state index in [-0.39, 0.29) is 12.4 Å². The van der Waals surface area contributed by atoms with Gasteiger partial charge in [-0.25, -0.2) is 4.39 Å². The lowest BCUT2D eigenvalue weighted by molar-refractivity contribution is 0.117. The van der Waals surface area contributed by atoms with Crippen LogP contribution in [0.1, 0.15) is 0 Å². The van der Waals surface area contributed by atoms with Gasteiger partial charge in [-0.1, -0.05) is 0 Å². The van der Waals surface area contributed by atoms with Crippen LogP contribution < -0.4 is 14.8 Å². The average Bonchev–Trinajstić information content (AvgIpc) is 2.53. The molecule has 0 aliphatic carbocycles. The number of methoxy groups -OCH3 is 1. The van der Waals surface area contributed by atoms with Gasteiger partial charge in [-0.2, -0.15) is 0 Å². The zero-order chi connectivity index (χ0) is 15.1. The lowest BCUT2D eigenvalue weighted by atomic mass is 10.3. The molecule has 0 saturated heterocycles. The third-order valence-corrected chi connectivity index (χ3v) is 2.89. The number of ether oxygens (including phenoxy) is 2. The van der Waals surface area contributed by atoms with Crippen molar-refractivity contribution in [1.82, 2.24) is 0 Å². The highest BCUT2D eigenvalue weighted by Gasteiger charge is 2.05. The minimum Gasteiger partial charge on any atom is -0.497 e. The molecular formula is C16H18FNO3. The molecule has 0 spiro atoms.